The van der Waals surface area contributed by atoms with Crippen molar-refractivity contribution in [2.75, 3.05) is 20.8 Å². The zero-order valence-electron chi connectivity index (χ0n) is 12.0. The van der Waals surface area contributed by atoms with Crippen molar-refractivity contribution in [3.05, 3.63) is 35.4 Å². The van der Waals surface area contributed by atoms with Crippen LogP contribution in [0, 0.1) is 0 Å². The maximum absolute atomic E-state index is 12.1. The monoisotopic (exact) mass is 279 g/mol. The summed E-state index contributed by atoms with van der Waals surface area (Å²) in [6, 6.07) is 7.05. The molecule has 0 aliphatic rings. The van der Waals surface area contributed by atoms with E-state index >= 15 is 0 Å². The van der Waals surface area contributed by atoms with Gasteiger partial charge in [0.05, 0.1) is 19.1 Å². The maximum Gasteiger partial charge on any atom is 0.227 e. The Bertz CT molecular complexity index is 471. The van der Waals surface area contributed by atoms with Gasteiger partial charge in [0, 0.05) is 19.7 Å². The molecule has 1 aromatic carbocycles. The number of likely N-dealkylation sites (N-methyl/N-ethyl adjacent to an activating group) is 1. The van der Waals surface area contributed by atoms with Crippen molar-refractivity contribution in [2.45, 2.75) is 19.4 Å². The van der Waals surface area contributed by atoms with Crippen molar-refractivity contribution >= 4 is 11.7 Å². The molecule has 0 aliphatic carbocycles. The van der Waals surface area contributed by atoms with Gasteiger partial charge in [-0.3, -0.25) is 4.79 Å². The lowest BCUT2D eigenvalue weighted by Crippen LogP contribution is -2.38. The van der Waals surface area contributed by atoms with Crippen molar-refractivity contribution in [3.8, 4) is 0 Å². The molecule has 0 fully saturated rings. The van der Waals surface area contributed by atoms with Crippen molar-refractivity contribution in [1.29, 1.82) is 0 Å². The van der Waals surface area contributed by atoms with Crippen molar-refractivity contribution in [3.63, 3.8) is 0 Å². The molecular formula is C14H21N3O3. The van der Waals surface area contributed by atoms with Gasteiger partial charge in [-0.05, 0) is 12.5 Å². The lowest BCUT2D eigenvalue weighted by molar-refractivity contribution is -0.131. The van der Waals surface area contributed by atoms with E-state index in [1.54, 1.807) is 43.3 Å². The molecule has 3 N–H and O–H groups in total. The summed E-state index contributed by atoms with van der Waals surface area (Å²) in [7, 11) is 3.37. The zero-order chi connectivity index (χ0) is 15.1. The smallest absolute Gasteiger partial charge is 0.227 e. The average molecular weight is 279 g/mol. The number of benzene rings is 1. The second-order valence-electron chi connectivity index (χ2n) is 4.67. The highest BCUT2D eigenvalue weighted by Gasteiger charge is 2.15. The third kappa shape index (κ3) is 4.24. The number of rotatable bonds is 6. The summed E-state index contributed by atoms with van der Waals surface area (Å²) >= 11 is 0. The van der Waals surface area contributed by atoms with Crippen LogP contribution < -0.4 is 5.73 Å². The predicted molar refractivity (Wildman–Crippen MR) is 76.8 cm³/mol. The molecule has 1 aromatic rings. The van der Waals surface area contributed by atoms with E-state index in [0.29, 0.717) is 18.6 Å². The number of amides is 1. The summed E-state index contributed by atoms with van der Waals surface area (Å²) in [6.07, 6.45) is 0.307. The highest BCUT2D eigenvalue weighted by atomic mass is 16.5. The Balaban J connectivity index is 2.67. The molecule has 0 bridgehead atoms. The van der Waals surface area contributed by atoms with Crippen LogP contribution in [0.1, 0.15) is 18.1 Å². The van der Waals surface area contributed by atoms with Gasteiger partial charge in [-0.1, -0.05) is 29.4 Å². The number of methoxy groups -OCH3 is 1. The van der Waals surface area contributed by atoms with Crippen LogP contribution in [-0.2, 0) is 16.0 Å². The SMILES string of the molecule is COCC(C)N(C)C(=O)Cc1ccc(C(N)=NO)cc1. The van der Waals surface area contributed by atoms with Crippen molar-refractivity contribution in [2.24, 2.45) is 10.9 Å². The van der Waals surface area contributed by atoms with Gasteiger partial charge in [0.1, 0.15) is 0 Å². The summed E-state index contributed by atoms with van der Waals surface area (Å²) in [5.74, 6) is 0.0693. The summed E-state index contributed by atoms with van der Waals surface area (Å²) in [4.78, 5) is 13.8. The Labute approximate surface area is 118 Å². The Hall–Kier alpha value is -2.08. The van der Waals surface area contributed by atoms with Crippen LogP contribution in [0.4, 0.5) is 0 Å². The molecule has 1 amide bonds. The fourth-order valence-corrected chi connectivity index (χ4v) is 1.75. The molecule has 0 heterocycles. The number of oxime groups is 1. The summed E-state index contributed by atoms with van der Waals surface area (Å²) < 4.78 is 5.03. The highest BCUT2D eigenvalue weighted by Crippen LogP contribution is 2.08. The minimum absolute atomic E-state index is 0.0195. The molecule has 110 valence electrons. The van der Waals surface area contributed by atoms with E-state index in [4.69, 9.17) is 15.7 Å². The van der Waals surface area contributed by atoms with Gasteiger partial charge in [-0.2, -0.15) is 0 Å². The molecule has 0 radical (unpaired) electrons. The van der Waals surface area contributed by atoms with Crippen LogP contribution in [0.3, 0.4) is 0 Å². The summed E-state index contributed by atoms with van der Waals surface area (Å²) in [6.45, 7) is 2.44. The van der Waals surface area contributed by atoms with E-state index in [1.165, 1.54) is 0 Å². The Morgan fingerprint density at radius 2 is 2.05 bits per heavy atom. The maximum atomic E-state index is 12.1. The number of carbonyl (C=O) groups excluding carboxylic acids is 1. The molecule has 1 rings (SSSR count). The highest BCUT2D eigenvalue weighted by molar-refractivity contribution is 5.97. The Kier molecular flexibility index (Phi) is 5.99. The van der Waals surface area contributed by atoms with E-state index in [2.05, 4.69) is 5.16 Å². The second kappa shape index (κ2) is 7.49. The Morgan fingerprint density at radius 1 is 1.45 bits per heavy atom. The normalized spacial score (nSPS) is 13.1. The van der Waals surface area contributed by atoms with Crippen molar-refractivity contribution < 1.29 is 14.7 Å². The number of nitrogens with two attached hydrogens (primary N) is 1. The molecule has 6 nitrogen and oxygen atoms in total. The topological polar surface area (TPSA) is 88.2 Å². The van der Waals surface area contributed by atoms with E-state index in [9.17, 15) is 4.79 Å². The zero-order valence-corrected chi connectivity index (χ0v) is 12.0. The third-order valence-electron chi connectivity index (χ3n) is 3.18. The molecule has 0 spiro atoms. The number of amidine groups is 1. The van der Waals surface area contributed by atoms with Gasteiger partial charge < -0.3 is 20.6 Å². The first-order chi connectivity index (χ1) is 9.49. The third-order valence-corrected chi connectivity index (χ3v) is 3.18. The number of carbonyl (C=O) groups is 1. The largest absolute Gasteiger partial charge is 0.409 e. The van der Waals surface area contributed by atoms with Gasteiger partial charge >= 0.3 is 0 Å². The lowest BCUT2D eigenvalue weighted by Gasteiger charge is -2.24. The van der Waals surface area contributed by atoms with Crippen molar-refractivity contribution in [1.82, 2.24) is 4.90 Å². The fourth-order valence-electron chi connectivity index (χ4n) is 1.75. The summed E-state index contributed by atoms with van der Waals surface area (Å²) in [5.41, 5.74) is 6.97. The first kappa shape index (κ1) is 16.0. The van der Waals surface area contributed by atoms with Gasteiger partial charge in [0.25, 0.3) is 0 Å². The number of hydrogen-bond acceptors (Lipinski definition) is 4. The quantitative estimate of drug-likeness (QED) is 0.349. The van der Waals surface area contributed by atoms with Crippen LogP contribution in [0.2, 0.25) is 0 Å². The number of ether oxygens (including phenoxy) is 1. The van der Waals surface area contributed by atoms with E-state index < -0.39 is 0 Å². The van der Waals surface area contributed by atoms with Gasteiger partial charge in [-0.15, -0.1) is 0 Å². The average Bonchev–Trinajstić information content (AvgIpc) is 2.46. The molecule has 0 aliphatic heterocycles. The minimum atomic E-state index is 0.0195. The standard InChI is InChI=1S/C14H21N3O3/c1-10(9-20-3)17(2)13(18)8-11-4-6-12(7-5-11)14(15)16-19/h4-7,10,19H,8-9H2,1-3H3,(H2,15,16). The predicted octanol–water partition coefficient (Wildman–Crippen LogP) is 0.817. The van der Waals surface area contributed by atoms with Crippen LogP contribution >= 0.6 is 0 Å². The summed E-state index contributed by atoms with van der Waals surface area (Å²) in [5, 5.41) is 11.5. The molecule has 1 unspecified atom stereocenters. The minimum Gasteiger partial charge on any atom is -0.409 e. The van der Waals surface area contributed by atoms with E-state index in [1.807, 2.05) is 6.92 Å². The van der Waals surface area contributed by atoms with Crippen LogP contribution in [0.15, 0.2) is 29.4 Å². The van der Waals surface area contributed by atoms with Crippen LogP contribution in [0.5, 0.6) is 0 Å². The molecule has 1 atom stereocenters. The molecule has 0 aromatic heterocycles. The molecule has 20 heavy (non-hydrogen) atoms. The van der Waals surface area contributed by atoms with Crippen LogP contribution in [-0.4, -0.2) is 48.7 Å². The molecule has 6 heteroatoms. The second-order valence-corrected chi connectivity index (χ2v) is 4.67. The van der Waals surface area contributed by atoms with Gasteiger partial charge in [-0.25, -0.2) is 0 Å². The lowest BCUT2D eigenvalue weighted by atomic mass is 10.1. The van der Waals surface area contributed by atoms with Gasteiger partial charge in [0.2, 0.25) is 5.91 Å². The number of hydrogen-bond donors (Lipinski definition) is 2. The van der Waals surface area contributed by atoms with Crippen LogP contribution in [0.25, 0.3) is 0 Å². The van der Waals surface area contributed by atoms with Gasteiger partial charge in [0.15, 0.2) is 5.84 Å². The number of nitrogens with zero attached hydrogens (tertiary/aromatic N) is 2. The van der Waals surface area contributed by atoms with E-state index in [-0.39, 0.29) is 17.8 Å². The fraction of sp³-hybridized carbons (Fsp3) is 0.429. The molecule has 0 saturated heterocycles. The first-order valence-electron chi connectivity index (χ1n) is 6.31. The molecule has 0 saturated carbocycles. The van der Waals surface area contributed by atoms with E-state index in [0.717, 1.165) is 5.56 Å². The Morgan fingerprint density at radius 3 is 2.55 bits per heavy atom. The first-order valence-corrected chi connectivity index (χ1v) is 6.31. The molecular weight excluding hydrogens is 258 g/mol.